The first kappa shape index (κ1) is 18.4. The van der Waals surface area contributed by atoms with Crippen LogP contribution < -0.4 is 4.74 Å². The van der Waals surface area contributed by atoms with Crippen LogP contribution in [-0.4, -0.2) is 46.7 Å². The van der Waals surface area contributed by atoms with Crippen molar-refractivity contribution in [2.45, 2.75) is 44.1 Å². The summed E-state index contributed by atoms with van der Waals surface area (Å²) in [6, 6.07) is 7.81. The smallest absolute Gasteiger partial charge is 0.228 e. The molecule has 2 aromatic rings. The number of aliphatic hydroxyl groups is 1. The van der Waals surface area contributed by atoms with Gasteiger partial charge in [-0.1, -0.05) is 25.0 Å². The van der Waals surface area contributed by atoms with E-state index in [9.17, 15) is 9.90 Å². The Morgan fingerprint density at radius 1 is 1.41 bits per heavy atom. The first-order valence-electron chi connectivity index (χ1n) is 9.66. The molecule has 2 fully saturated rings. The molecule has 2 atom stereocenters. The van der Waals surface area contributed by atoms with Gasteiger partial charge in [0, 0.05) is 30.0 Å². The summed E-state index contributed by atoms with van der Waals surface area (Å²) in [5.41, 5.74) is 1.27. The number of carbonyl (C=O) groups excluding carboxylic acids is 1. The molecular weight excluding hydrogens is 360 g/mol. The number of ether oxygens (including phenoxy) is 1. The summed E-state index contributed by atoms with van der Waals surface area (Å²) >= 11 is 1.55. The van der Waals surface area contributed by atoms with Crippen LogP contribution in [0.5, 0.6) is 5.75 Å². The van der Waals surface area contributed by atoms with E-state index in [-0.39, 0.29) is 11.8 Å². The van der Waals surface area contributed by atoms with Crippen molar-refractivity contribution >= 4 is 17.2 Å². The van der Waals surface area contributed by atoms with Crippen LogP contribution in [0.3, 0.4) is 0 Å². The Kier molecular flexibility index (Phi) is 5.19. The number of methoxy groups -OCH3 is 1. The Labute approximate surface area is 164 Å². The van der Waals surface area contributed by atoms with Crippen LogP contribution in [0.4, 0.5) is 0 Å². The van der Waals surface area contributed by atoms with Crippen molar-refractivity contribution in [3.63, 3.8) is 0 Å². The van der Waals surface area contributed by atoms with Gasteiger partial charge in [-0.05, 0) is 31.4 Å². The number of thiazole rings is 1. The second-order valence-corrected chi connectivity index (χ2v) is 8.55. The van der Waals surface area contributed by atoms with Crippen LogP contribution in [0.25, 0.3) is 10.6 Å². The molecule has 1 aliphatic heterocycles. The molecule has 2 heterocycles. The number of likely N-dealkylation sites (tertiary alicyclic amines) is 1. The fourth-order valence-electron chi connectivity index (χ4n) is 4.34. The standard InChI is InChI=1S/C21H26N2O3S/c1-26-18-7-4-5-15(11-18)20-22-17(14-27-20)12-19(24)23-10-9-21(25)8-3-2-6-16(21)13-23/h4-5,7,11,14,16,25H,2-3,6,8-10,12-13H2,1H3/t16-,21+/m0/s1. The lowest BCUT2D eigenvalue weighted by Gasteiger charge is -2.47. The van der Waals surface area contributed by atoms with Crippen molar-refractivity contribution in [2.24, 2.45) is 5.92 Å². The Bertz CT molecular complexity index is 821. The fraction of sp³-hybridized carbons (Fsp3) is 0.524. The minimum atomic E-state index is -0.546. The van der Waals surface area contributed by atoms with E-state index < -0.39 is 5.60 Å². The second-order valence-electron chi connectivity index (χ2n) is 7.69. The van der Waals surface area contributed by atoms with Crippen LogP contribution in [-0.2, 0) is 11.2 Å². The maximum atomic E-state index is 12.8. The first-order chi connectivity index (χ1) is 13.1. The van der Waals surface area contributed by atoms with Gasteiger partial charge in [-0.25, -0.2) is 4.98 Å². The topological polar surface area (TPSA) is 62.7 Å². The van der Waals surface area contributed by atoms with E-state index in [0.717, 1.165) is 47.7 Å². The predicted molar refractivity (Wildman–Crippen MR) is 106 cm³/mol. The van der Waals surface area contributed by atoms with Gasteiger partial charge in [0.2, 0.25) is 5.91 Å². The van der Waals surface area contributed by atoms with Crippen molar-refractivity contribution < 1.29 is 14.6 Å². The van der Waals surface area contributed by atoms with E-state index in [4.69, 9.17) is 4.74 Å². The summed E-state index contributed by atoms with van der Waals surface area (Å²) < 4.78 is 5.27. The fourth-order valence-corrected chi connectivity index (χ4v) is 5.16. The lowest BCUT2D eigenvalue weighted by Crippen LogP contribution is -2.54. The third kappa shape index (κ3) is 3.87. The van der Waals surface area contributed by atoms with Crippen LogP contribution in [0.1, 0.15) is 37.8 Å². The number of benzene rings is 1. The van der Waals surface area contributed by atoms with Crippen LogP contribution in [0, 0.1) is 5.92 Å². The highest BCUT2D eigenvalue weighted by molar-refractivity contribution is 7.13. The molecule has 1 aliphatic carbocycles. The average molecular weight is 387 g/mol. The molecule has 4 rings (SSSR count). The van der Waals surface area contributed by atoms with E-state index >= 15 is 0 Å². The summed E-state index contributed by atoms with van der Waals surface area (Å²) in [5.74, 6) is 1.14. The number of rotatable bonds is 4. The molecule has 1 N–H and O–H groups in total. The number of fused-ring (bicyclic) bond motifs is 1. The van der Waals surface area contributed by atoms with Gasteiger partial charge in [0.05, 0.1) is 24.8 Å². The third-order valence-corrected chi connectivity index (χ3v) is 6.92. The minimum Gasteiger partial charge on any atom is -0.497 e. The van der Waals surface area contributed by atoms with E-state index in [0.29, 0.717) is 25.9 Å². The monoisotopic (exact) mass is 386 g/mol. The summed E-state index contributed by atoms with van der Waals surface area (Å²) in [6.07, 6.45) is 5.20. The molecule has 27 heavy (non-hydrogen) atoms. The van der Waals surface area contributed by atoms with Gasteiger partial charge >= 0.3 is 0 Å². The molecule has 6 heteroatoms. The molecule has 1 aromatic carbocycles. The Morgan fingerprint density at radius 3 is 3.15 bits per heavy atom. The normalized spacial score (nSPS) is 25.1. The van der Waals surface area contributed by atoms with Crippen LogP contribution in [0.15, 0.2) is 29.6 Å². The average Bonchev–Trinajstić information content (AvgIpc) is 3.15. The number of aromatic nitrogens is 1. The number of amides is 1. The Balaban J connectivity index is 1.41. The van der Waals surface area contributed by atoms with Crippen molar-refractivity contribution in [3.8, 4) is 16.3 Å². The van der Waals surface area contributed by atoms with Crippen LogP contribution >= 0.6 is 11.3 Å². The number of hydrogen-bond acceptors (Lipinski definition) is 5. The second kappa shape index (κ2) is 7.60. The van der Waals surface area contributed by atoms with E-state index in [1.165, 1.54) is 0 Å². The predicted octanol–water partition coefficient (Wildman–Crippen LogP) is 3.51. The van der Waals surface area contributed by atoms with Gasteiger partial charge in [0.15, 0.2) is 0 Å². The summed E-state index contributed by atoms with van der Waals surface area (Å²) in [4.78, 5) is 19.4. The first-order valence-corrected chi connectivity index (χ1v) is 10.5. The van der Waals surface area contributed by atoms with Crippen molar-refractivity contribution in [3.05, 3.63) is 35.3 Å². The molecule has 1 saturated carbocycles. The van der Waals surface area contributed by atoms with Gasteiger partial charge in [-0.3, -0.25) is 4.79 Å². The highest BCUT2D eigenvalue weighted by Gasteiger charge is 2.43. The Morgan fingerprint density at radius 2 is 2.30 bits per heavy atom. The maximum absolute atomic E-state index is 12.8. The van der Waals surface area contributed by atoms with Gasteiger partial charge in [-0.2, -0.15) is 0 Å². The van der Waals surface area contributed by atoms with E-state index in [1.54, 1.807) is 18.4 Å². The molecule has 2 aliphatic rings. The highest BCUT2D eigenvalue weighted by Crippen LogP contribution is 2.39. The van der Waals surface area contributed by atoms with E-state index in [1.807, 2.05) is 34.5 Å². The van der Waals surface area contributed by atoms with Crippen molar-refractivity contribution in [1.29, 1.82) is 0 Å². The Hall–Kier alpha value is -1.92. The molecule has 0 spiro atoms. The number of hydrogen-bond donors (Lipinski definition) is 1. The molecular formula is C21H26N2O3S. The zero-order valence-corrected chi connectivity index (χ0v) is 16.5. The number of nitrogens with zero attached hydrogens (tertiary/aromatic N) is 2. The molecule has 144 valence electrons. The molecule has 1 aromatic heterocycles. The molecule has 0 radical (unpaired) electrons. The largest absolute Gasteiger partial charge is 0.497 e. The lowest BCUT2D eigenvalue weighted by atomic mass is 9.71. The van der Waals surface area contributed by atoms with E-state index in [2.05, 4.69) is 4.98 Å². The third-order valence-electron chi connectivity index (χ3n) is 5.98. The van der Waals surface area contributed by atoms with Gasteiger partial charge in [0.1, 0.15) is 10.8 Å². The maximum Gasteiger partial charge on any atom is 0.228 e. The van der Waals surface area contributed by atoms with Gasteiger partial charge < -0.3 is 14.7 Å². The van der Waals surface area contributed by atoms with Crippen molar-refractivity contribution in [1.82, 2.24) is 9.88 Å². The molecule has 0 bridgehead atoms. The molecule has 1 saturated heterocycles. The zero-order valence-electron chi connectivity index (χ0n) is 15.7. The van der Waals surface area contributed by atoms with Crippen molar-refractivity contribution in [2.75, 3.05) is 20.2 Å². The van der Waals surface area contributed by atoms with Crippen LogP contribution in [0.2, 0.25) is 0 Å². The highest BCUT2D eigenvalue weighted by atomic mass is 32.1. The number of piperidine rings is 1. The molecule has 0 unspecified atom stereocenters. The lowest BCUT2D eigenvalue weighted by molar-refractivity contribution is -0.142. The SMILES string of the molecule is COc1cccc(-c2nc(CC(=O)N3CC[C@]4(O)CCCC[C@H]4C3)cs2)c1. The zero-order chi connectivity index (χ0) is 18.9. The summed E-state index contributed by atoms with van der Waals surface area (Å²) in [5, 5.41) is 13.7. The molecule has 5 nitrogen and oxygen atoms in total. The van der Waals surface area contributed by atoms with Gasteiger partial charge in [-0.15, -0.1) is 11.3 Å². The molecule has 1 amide bonds. The minimum absolute atomic E-state index is 0.116. The summed E-state index contributed by atoms with van der Waals surface area (Å²) in [7, 11) is 1.65. The van der Waals surface area contributed by atoms with Gasteiger partial charge in [0.25, 0.3) is 0 Å². The number of carbonyl (C=O) groups is 1. The summed E-state index contributed by atoms with van der Waals surface area (Å²) in [6.45, 7) is 1.33. The quantitative estimate of drug-likeness (QED) is 0.873.